The van der Waals surface area contributed by atoms with E-state index in [1.54, 1.807) is 42.7 Å². The van der Waals surface area contributed by atoms with Crippen LogP contribution in [0.1, 0.15) is 16.7 Å². The second kappa shape index (κ2) is 8.30. The van der Waals surface area contributed by atoms with Crippen LogP contribution in [0.4, 0.5) is 10.7 Å². The maximum atomic E-state index is 12.5. The molecule has 4 aromatic rings. The molecular formula is C23H17ClN6O. The quantitative estimate of drug-likeness (QED) is 0.470. The van der Waals surface area contributed by atoms with Gasteiger partial charge in [-0.3, -0.25) is 9.55 Å². The average molecular weight is 429 g/mol. The molecular weight excluding hydrogens is 412 g/mol. The standard InChI is InChI=1S/C23H17ClN6O/c1-14-4-7-17(24)11-18(14)19-8-9-20(30(19)23(26)31)21-16(13-28-22(25)29-21)6-5-15-3-2-10-27-12-15/h2-4,7-13H,1H3,(H2,26,31)(H2,25,28,29). The fourth-order valence-electron chi connectivity index (χ4n) is 3.20. The average Bonchev–Trinajstić information content (AvgIpc) is 3.20. The lowest BCUT2D eigenvalue weighted by atomic mass is 10.1. The first-order valence-corrected chi connectivity index (χ1v) is 9.65. The predicted octanol–water partition coefficient (Wildman–Crippen LogP) is 3.88. The molecule has 4 N–H and O–H groups in total. The number of nitrogen functional groups attached to an aromatic ring is 1. The van der Waals surface area contributed by atoms with Gasteiger partial charge in [0.05, 0.1) is 17.0 Å². The van der Waals surface area contributed by atoms with Crippen molar-refractivity contribution in [3.8, 4) is 34.5 Å². The Kier molecular flexibility index (Phi) is 5.39. The van der Waals surface area contributed by atoms with Gasteiger partial charge in [-0.25, -0.2) is 14.8 Å². The number of aromatic nitrogens is 4. The largest absolute Gasteiger partial charge is 0.368 e. The van der Waals surface area contributed by atoms with E-state index in [0.717, 1.165) is 16.7 Å². The van der Waals surface area contributed by atoms with E-state index < -0.39 is 6.03 Å². The first-order chi connectivity index (χ1) is 14.9. The lowest BCUT2D eigenvalue weighted by molar-refractivity contribution is 0.251. The number of amides is 1. The van der Waals surface area contributed by atoms with E-state index in [0.29, 0.717) is 27.7 Å². The van der Waals surface area contributed by atoms with Gasteiger partial charge in [-0.2, -0.15) is 0 Å². The fraction of sp³-hybridized carbons (Fsp3) is 0.0435. The highest BCUT2D eigenvalue weighted by Gasteiger charge is 2.20. The normalized spacial score (nSPS) is 10.4. The molecule has 31 heavy (non-hydrogen) atoms. The van der Waals surface area contributed by atoms with Crippen molar-refractivity contribution in [2.75, 3.05) is 5.73 Å². The number of hydrogen-bond acceptors (Lipinski definition) is 5. The Bertz CT molecular complexity index is 1350. The van der Waals surface area contributed by atoms with E-state index in [-0.39, 0.29) is 5.95 Å². The molecule has 0 spiro atoms. The molecule has 1 amide bonds. The number of primary amides is 1. The molecule has 152 valence electrons. The molecule has 0 unspecified atom stereocenters. The summed E-state index contributed by atoms with van der Waals surface area (Å²) in [5.74, 6) is 6.11. The van der Waals surface area contributed by atoms with Crippen LogP contribution in [0.2, 0.25) is 5.02 Å². The summed E-state index contributed by atoms with van der Waals surface area (Å²) in [6.45, 7) is 1.93. The molecule has 0 fully saturated rings. The van der Waals surface area contributed by atoms with Crippen molar-refractivity contribution in [3.05, 3.63) is 82.8 Å². The van der Waals surface area contributed by atoms with Gasteiger partial charge in [-0.15, -0.1) is 0 Å². The van der Waals surface area contributed by atoms with Crippen LogP contribution in [0, 0.1) is 18.8 Å². The predicted molar refractivity (Wildman–Crippen MR) is 120 cm³/mol. The van der Waals surface area contributed by atoms with Crippen LogP contribution in [0.5, 0.6) is 0 Å². The zero-order valence-corrected chi connectivity index (χ0v) is 17.3. The molecule has 0 saturated heterocycles. The number of hydrogen-bond donors (Lipinski definition) is 2. The van der Waals surface area contributed by atoms with Crippen molar-refractivity contribution in [2.24, 2.45) is 5.73 Å². The van der Waals surface area contributed by atoms with E-state index in [4.69, 9.17) is 23.1 Å². The smallest absolute Gasteiger partial charge is 0.323 e. The Morgan fingerprint density at radius 2 is 1.90 bits per heavy atom. The Morgan fingerprint density at radius 3 is 2.65 bits per heavy atom. The third-order valence-corrected chi connectivity index (χ3v) is 4.86. The minimum atomic E-state index is -0.669. The number of rotatable bonds is 2. The van der Waals surface area contributed by atoms with E-state index >= 15 is 0 Å². The van der Waals surface area contributed by atoms with Crippen molar-refractivity contribution in [1.82, 2.24) is 19.5 Å². The Labute approximate surface area is 183 Å². The molecule has 4 rings (SSSR count). The highest BCUT2D eigenvalue weighted by Crippen LogP contribution is 2.32. The summed E-state index contributed by atoms with van der Waals surface area (Å²) in [6.07, 6.45) is 4.84. The third kappa shape index (κ3) is 4.10. The molecule has 3 aromatic heterocycles. The van der Waals surface area contributed by atoms with E-state index in [2.05, 4.69) is 26.8 Å². The van der Waals surface area contributed by atoms with Crippen LogP contribution in [0.25, 0.3) is 22.6 Å². The van der Waals surface area contributed by atoms with Crippen molar-refractivity contribution in [3.63, 3.8) is 0 Å². The molecule has 0 radical (unpaired) electrons. The lowest BCUT2D eigenvalue weighted by Gasteiger charge is -2.12. The van der Waals surface area contributed by atoms with Gasteiger partial charge in [0.15, 0.2) is 0 Å². The molecule has 0 aliphatic heterocycles. The van der Waals surface area contributed by atoms with Gasteiger partial charge in [0.2, 0.25) is 5.95 Å². The molecule has 3 heterocycles. The van der Waals surface area contributed by atoms with Crippen molar-refractivity contribution >= 4 is 23.6 Å². The molecule has 0 bridgehead atoms. The molecule has 0 aliphatic carbocycles. The zero-order valence-electron chi connectivity index (χ0n) is 16.5. The fourth-order valence-corrected chi connectivity index (χ4v) is 3.37. The summed E-state index contributed by atoms with van der Waals surface area (Å²) in [6, 6.07) is 11.9. The van der Waals surface area contributed by atoms with E-state index in [9.17, 15) is 4.79 Å². The van der Waals surface area contributed by atoms with Crippen molar-refractivity contribution in [2.45, 2.75) is 6.92 Å². The number of nitrogens with zero attached hydrogens (tertiary/aromatic N) is 4. The molecule has 8 heteroatoms. The summed E-state index contributed by atoms with van der Waals surface area (Å²) in [4.78, 5) is 24.9. The number of nitrogens with two attached hydrogens (primary N) is 2. The Balaban J connectivity index is 1.91. The van der Waals surface area contributed by atoms with Gasteiger partial charge in [0.1, 0.15) is 5.69 Å². The number of halogens is 1. The summed E-state index contributed by atoms with van der Waals surface area (Å²) < 4.78 is 1.37. The van der Waals surface area contributed by atoms with Gasteiger partial charge in [-0.05, 0) is 48.9 Å². The topological polar surface area (TPSA) is 113 Å². The van der Waals surface area contributed by atoms with E-state index in [1.165, 1.54) is 10.8 Å². The number of anilines is 1. The Morgan fingerprint density at radius 1 is 1.10 bits per heavy atom. The zero-order chi connectivity index (χ0) is 22.0. The van der Waals surface area contributed by atoms with Crippen LogP contribution in [-0.2, 0) is 0 Å². The molecule has 0 atom stereocenters. The van der Waals surface area contributed by atoms with Crippen molar-refractivity contribution < 1.29 is 4.79 Å². The molecule has 0 aliphatic rings. The SMILES string of the molecule is Cc1ccc(Cl)cc1-c1ccc(-c2nc(N)ncc2C#Cc2cccnc2)n1C(N)=O. The molecule has 0 saturated carbocycles. The van der Waals surface area contributed by atoms with Crippen molar-refractivity contribution in [1.29, 1.82) is 0 Å². The summed E-state index contributed by atoms with van der Waals surface area (Å²) in [5, 5.41) is 0.550. The van der Waals surface area contributed by atoms with E-state index in [1.807, 2.05) is 19.1 Å². The maximum absolute atomic E-state index is 12.5. The number of carbonyl (C=O) groups is 1. The second-order valence-electron chi connectivity index (χ2n) is 6.72. The first-order valence-electron chi connectivity index (χ1n) is 9.27. The minimum Gasteiger partial charge on any atom is -0.368 e. The summed E-state index contributed by atoms with van der Waals surface area (Å²) >= 11 is 6.18. The van der Waals surface area contributed by atoms with Gasteiger partial charge in [-0.1, -0.05) is 29.5 Å². The highest BCUT2D eigenvalue weighted by atomic mass is 35.5. The van der Waals surface area contributed by atoms with Gasteiger partial charge < -0.3 is 11.5 Å². The van der Waals surface area contributed by atoms with Gasteiger partial charge in [0, 0.05) is 34.7 Å². The molecule has 7 nitrogen and oxygen atoms in total. The number of carbonyl (C=O) groups excluding carboxylic acids is 1. The van der Waals surface area contributed by atoms with Crippen LogP contribution in [-0.4, -0.2) is 25.6 Å². The summed E-state index contributed by atoms with van der Waals surface area (Å²) in [7, 11) is 0. The molecule has 1 aromatic carbocycles. The minimum absolute atomic E-state index is 0.0552. The van der Waals surface area contributed by atoms with Gasteiger partial charge >= 0.3 is 6.03 Å². The number of benzene rings is 1. The van der Waals surface area contributed by atoms with Crippen LogP contribution in [0.15, 0.2) is 61.1 Å². The maximum Gasteiger partial charge on any atom is 0.323 e. The second-order valence-corrected chi connectivity index (χ2v) is 7.16. The monoisotopic (exact) mass is 428 g/mol. The highest BCUT2D eigenvalue weighted by molar-refractivity contribution is 6.30. The third-order valence-electron chi connectivity index (χ3n) is 4.63. The van der Waals surface area contributed by atoms with Gasteiger partial charge in [0.25, 0.3) is 0 Å². The van der Waals surface area contributed by atoms with Crippen LogP contribution >= 0.6 is 11.6 Å². The van der Waals surface area contributed by atoms with Crippen LogP contribution in [0.3, 0.4) is 0 Å². The summed E-state index contributed by atoms with van der Waals surface area (Å²) in [5.41, 5.74) is 16.0. The number of aryl methyl sites for hydroxylation is 1. The Hall–Kier alpha value is -4.15. The first kappa shape index (κ1) is 20.1. The van der Waals surface area contributed by atoms with Crippen LogP contribution < -0.4 is 11.5 Å². The lowest BCUT2D eigenvalue weighted by Crippen LogP contribution is -2.22. The number of pyridine rings is 1.